The second-order valence-corrected chi connectivity index (χ2v) is 5.56. The van der Waals surface area contributed by atoms with Crippen LogP contribution in [0.1, 0.15) is 31.2 Å². The van der Waals surface area contributed by atoms with Gasteiger partial charge in [0.15, 0.2) is 0 Å². The van der Waals surface area contributed by atoms with Crippen molar-refractivity contribution < 1.29 is 9.90 Å². The van der Waals surface area contributed by atoms with Gasteiger partial charge in [0.1, 0.15) is 5.75 Å². The molecule has 1 aliphatic heterocycles. The zero-order valence-corrected chi connectivity index (χ0v) is 12.7. The van der Waals surface area contributed by atoms with Crippen molar-refractivity contribution in [2.45, 2.75) is 32.1 Å². The number of rotatable bonds is 4. The first kappa shape index (κ1) is 15.6. The molecular formula is C16H25N3O2. The van der Waals surface area contributed by atoms with Crippen LogP contribution in [-0.2, 0) is 6.42 Å². The van der Waals surface area contributed by atoms with Crippen molar-refractivity contribution in [3.63, 3.8) is 0 Å². The smallest absolute Gasteiger partial charge is 0.319 e. The maximum Gasteiger partial charge on any atom is 0.319 e. The Labute approximate surface area is 126 Å². The molecule has 0 radical (unpaired) electrons. The molecule has 1 fully saturated rings. The van der Waals surface area contributed by atoms with Gasteiger partial charge in [-0.05, 0) is 50.0 Å². The average Bonchev–Trinajstić information content (AvgIpc) is 2.76. The molecule has 0 spiro atoms. The quantitative estimate of drug-likeness (QED) is 0.747. The maximum atomic E-state index is 11.3. The van der Waals surface area contributed by atoms with Gasteiger partial charge < -0.3 is 20.6 Å². The summed E-state index contributed by atoms with van der Waals surface area (Å²) in [6.45, 7) is 3.40. The highest BCUT2D eigenvalue weighted by Crippen LogP contribution is 2.24. The zero-order valence-electron chi connectivity index (χ0n) is 12.7. The fourth-order valence-electron chi connectivity index (χ4n) is 2.67. The number of urea groups is 1. The van der Waals surface area contributed by atoms with E-state index >= 15 is 0 Å². The first-order chi connectivity index (χ1) is 10.2. The molecule has 2 rings (SSSR count). The van der Waals surface area contributed by atoms with Crippen LogP contribution < -0.4 is 10.6 Å². The number of nitrogens with one attached hydrogen (secondary N) is 2. The topological polar surface area (TPSA) is 64.6 Å². The number of aromatic hydroxyl groups is 1. The molecule has 2 amide bonds. The van der Waals surface area contributed by atoms with E-state index in [0.717, 1.165) is 18.5 Å². The molecule has 0 aromatic heterocycles. The molecule has 5 heteroatoms. The largest absolute Gasteiger partial charge is 0.506 e. The third-order valence-electron chi connectivity index (χ3n) is 3.95. The van der Waals surface area contributed by atoms with Crippen LogP contribution in [0, 0.1) is 0 Å². The highest BCUT2D eigenvalue weighted by Gasteiger charge is 2.10. The fraction of sp³-hybridized carbons (Fsp3) is 0.562. The second-order valence-electron chi connectivity index (χ2n) is 5.56. The molecule has 1 heterocycles. The summed E-state index contributed by atoms with van der Waals surface area (Å²) >= 11 is 0. The molecule has 116 valence electrons. The molecule has 3 N–H and O–H groups in total. The van der Waals surface area contributed by atoms with Crippen LogP contribution in [0.5, 0.6) is 5.75 Å². The normalized spacial score (nSPS) is 16.2. The number of nitrogens with zero attached hydrogens (tertiary/aromatic N) is 1. The lowest BCUT2D eigenvalue weighted by Crippen LogP contribution is -2.27. The van der Waals surface area contributed by atoms with Gasteiger partial charge in [-0.2, -0.15) is 0 Å². The summed E-state index contributed by atoms with van der Waals surface area (Å²) in [4.78, 5) is 13.9. The van der Waals surface area contributed by atoms with Crippen molar-refractivity contribution in [1.29, 1.82) is 0 Å². The van der Waals surface area contributed by atoms with Crippen LogP contribution in [0.15, 0.2) is 18.2 Å². The van der Waals surface area contributed by atoms with Crippen LogP contribution >= 0.6 is 0 Å². The van der Waals surface area contributed by atoms with Gasteiger partial charge in [0.25, 0.3) is 0 Å². The zero-order chi connectivity index (χ0) is 15.1. The Bertz CT molecular complexity index is 469. The van der Waals surface area contributed by atoms with Gasteiger partial charge in [0.05, 0.1) is 5.69 Å². The van der Waals surface area contributed by atoms with E-state index in [4.69, 9.17) is 0 Å². The van der Waals surface area contributed by atoms with Gasteiger partial charge in [-0.1, -0.05) is 18.9 Å². The predicted octanol–water partition coefficient (Wildman–Crippen LogP) is 2.56. The molecule has 0 atom stereocenters. The summed E-state index contributed by atoms with van der Waals surface area (Å²) in [5.41, 5.74) is 1.59. The van der Waals surface area contributed by atoms with E-state index in [1.165, 1.54) is 38.8 Å². The van der Waals surface area contributed by atoms with Gasteiger partial charge in [0.2, 0.25) is 0 Å². The molecule has 5 nitrogen and oxygen atoms in total. The average molecular weight is 291 g/mol. The van der Waals surface area contributed by atoms with E-state index in [0.29, 0.717) is 5.69 Å². The fourth-order valence-corrected chi connectivity index (χ4v) is 2.67. The van der Waals surface area contributed by atoms with Gasteiger partial charge in [0, 0.05) is 13.6 Å². The van der Waals surface area contributed by atoms with Crippen molar-refractivity contribution in [2.24, 2.45) is 0 Å². The Morgan fingerprint density at radius 3 is 2.62 bits per heavy atom. The molecule has 1 aromatic rings. The van der Waals surface area contributed by atoms with Crippen molar-refractivity contribution in [3.8, 4) is 5.75 Å². The summed E-state index contributed by atoms with van der Waals surface area (Å²) in [5.74, 6) is 0.0946. The van der Waals surface area contributed by atoms with Crippen LogP contribution in [0.25, 0.3) is 0 Å². The number of phenols is 1. The first-order valence-corrected chi connectivity index (χ1v) is 7.72. The van der Waals surface area contributed by atoms with Crippen LogP contribution in [0.2, 0.25) is 0 Å². The molecule has 0 aliphatic carbocycles. The van der Waals surface area contributed by atoms with E-state index < -0.39 is 0 Å². The number of phenolic OH excluding ortho intramolecular Hbond substituents is 1. The van der Waals surface area contributed by atoms with Crippen molar-refractivity contribution in [1.82, 2.24) is 10.2 Å². The lowest BCUT2D eigenvalue weighted by atomic mass is 10.1. The Morgan fingerprint density at radius 1 is 1.24 bits per heavy atom. The summed E-state index contributed by atoms with van der Waals surface area (Å²) in [7, 11) is 1.55. The second kappa shape index (κ2) is 7.88. The first-order valence-electron chi connectivity index (χ1n) is 7.72. The maximum absolute atomic E-state index is 11.3. The van der Waals surface area contributed by atoms with E-state index in [2.05, 4.69) is 15.5 Å². The van der Waals surface area contributed by atoms with E-state index in [1.807, 2.05) is 12.1 Å². The third kappa shape index (κ3) is 4.93. The highest BCUT2D eigenvalue weighted by atomic mass is 16.3. The molecule has 1 aliphatic rings. The minimum Gasteiger partial charge on any atom is -0.506 e. The number of hydrogen-bond acceptors (Lipinski definition) is 3. The third-order valence-corrected chi connectivity index (χ3v) is 3.95. The number of likely N-dealkylation sites (tertiary alicyclic amines) is 1. The standard InChI is InChI=1S/C16H25N3O2/c1-17-16(21)18-14-12-13(6-7-15(14)20)8-11-19-9-4-2-3-5-10-19/h6-7,12,20H,2-5,8-11H2,1H3,(H2,17,18,21). The highest BCUT2D eigenvalue weighted by molar-refractivity contribution is 5.90. The van der Waals surface area contributed by atoms with Crippen molar-refractivity contribution in [3.05, 3.63) is 23.8 Å². The molecule has 1 saturated heterocycles. The van der Waals surface area contributed by atoms with Crippen molar-refractivity contribution in [2.75, 3.05) is 32.0 Å². The predicted molar refractivity (Wildman–Crippen MR) is 84.8 cm³/mol. The van der Waals surface area contributed by atoms with Crippen LogP contribution in [-0.4, -0.2) is 42.7 Å². The number of anilines is 1. The van der Waals surface area contributed by atoms with E-state index in [9.17, 15) is 9.90 Å². The number of hydrogen-bond donors (Lipinski definition) is 3. The number of benzene rings is 1. The number of carbonyl (C=O) groups is 1. The minimum absolute atomic E-state index is 0.0946. The van der Waals surface area contributed by atoms with Crippen LogP contribution in [0.4, 0.5) is 10.5 Å². The van der Waals surface area contributed by atoms with Gasteiger partial charge in [-0.3, -0.25) is 0 Å². The minimum atomic E-state index is -0.324. The number of carbonyl (C=O) groups excluding carboxylic acids is 1. The monoisotopic (exact) mass is 291 g/mol. The van der Waals surface area contributed by atoms with Gasteiger partial charge in [-0.15, -0.1) is 0 Å². The Hall–Kier alpha value is -1.75. The van der Waals surface area contributed by atoms with Crippen LogP contribution in [0.3, 0.4) is 0 Å². The Kier molecular flexibility index (Phi) is 5.87. The molecule has 0 bridgehead atoms. The molecule has 0 saturated carbocycles. The lowest BCUT2D eigenvalue weighted by molar-refractivity contribution is 0.254. The summed E-state index contributed by atoms with van der Waals surface area (Å²) < 4.78 is 0. The summed E-state index contributed by atoms with van der Waals surface area (Å²) in [6, 6.07) is 5.09. The summed E-state index contributed by atoms with van der Waals surface area (Å²) in [5, 5.41) is 14.9. The van der Waals surface area contributed by atoms with E-state index in [-0.39, 0.29) is 11.8 Å². The SMILES string of the molecule is CNC(=O)Nc1cc(CCN2CCCCCC2)ccc1O. The molecule has 0 unspecified atom stereocenters. The molecular weight excluding hydrogens is 266 g/mol. The Balaban J connectivity index is 1.93. The summed E-state index contributed by atoms with van der Waals surface area (Å²) in [6.07, 6.45) is 6.20. The Morgan fingerprint density at radius 2 is 1.95 bits per heavy atom. The molecule has 21 heavy (non-hydrogen) atoms. The van der Waals surface area contributed by atoms with Gasteiger partial charge in [-0.25, -0.2) is 4.79 Å². The van der Waals surface area contributed by atoms with Crippen molar-refractivity contribution >= 4 is 11.7 Å². The van der Waals surface area contributed by atoms with E-state index in [1.54, 1.807) is 13.1 Å². The van der Waals surface area contributed by atoms with Gasteiger partial charge >= 0.3 is 6.03 Å². The molecule has 1 aromatic carbocycles. The number of amides is 2. The lowest BCUT2D eigenvalue weighted by Gasteiger charge is -2.19.